The minimum atomic E-state index is -2.65. The Balaban J connectivity index is 2.45. The molecule has 0 bridgehead atoms. The van der Waals surface area contributed by atoms with Crippen molar-refractivity contribution >= 4 is 17.7 Å². The number of alkyl halides is 2. The molecule has 0 aliphatic heterocycles. The summed E-state index contributed by atoms with van der Waals surface area (Å²) in [6.45, 7) is 1.03. The van der Waals surface area contributed by atoms with Crippen molar-refractivity contribution in [2.75, 3.05) is 0 Å². The van der Waals surface area contributed by atoms with Gasteiger partial charge < -0.3 is 0 Å². The van der Waals surface area contributed by atoms with Gasteiger partial charge in [0.15, 0.2) is 0 Å². The Morgan fingerprint density at radius 1 is 1.43 bits per heavy atom. The summed E-state index contributed by atoms with van der Waals surface area (Å²) in [4.78, 5) is 28.0. The number of benzene rings is 1. The molecule has 0 atom stereocenters. The number of aromatic nitrogens is 4. The number of rotatable bonds is 6. The van der Waals surface area contributed by atoms with Crippen molar-refractivity contribution in [3.05, 3.63) is 34.2 Å². The van der Waals surface area contributed by atoms with E-state index in [1.165, 1.54) is 32.2 Å². The normalized spacial score (nSPS) is 11.0. The Labute approximate surface area is 133 Å². The highest BCUT2D eigenvalue weighted by Gasteiger charge is 2.18. The topological polar surface area (TPSA) is 91.0 Å². The number of carbonyl (C=O) groups excluding carboxylic acids is 1. The predicted molar refractivity (Wildman–Crippen MR) is 77.1 cm³/mol. The number of hydrogen-bond acceptors (Lipinski definition) is 6. The van der Waals surface area contributed by atoms with Gasteiger partial charge in [-0.3, -0.25) is 9.63 Å². The average molecular weight is 345 g/mol. The molecule has 124 valence electrons. The lowest BCUT2D eigenvalue weighted by Crippen LogP contribution is -2.24. The summed E-state index contributed by atoms with van der Waals surface area (Å²) < 4.78 is 27.4. The quantitative estimate of drug-likeness (QED) is 0.616. The van der Waals surface area contributed by atoms with Gasteiger partial charge in [-0.2, -0.15) is 18.1 Å². The molecule has 23 heavy (non-hydrogen) atoms. The molecular weight excluding hydrogens is 332 g/mol. The first-order valence-corrected chi connectivity index (χ1v) is 7.22. The molecule has 2 rings (SSSR count). The fourth-order valence-corrected chi connectivity index (χ4v) is 2.43. The van der Waals surface area contributed by atoms with Gasteiger partial charge in [0.25, 0.3) is 5.76 Å². The van der Waals surface area contributed by atoms with Crippen LogP contribution >= 0.6 is 11.8 Å². The zero-order chi connectivity index (χ0) is 17.0. The van der Waals surface area contributed by atoms with Gasteiger partial charge in [0.2, 0.25) is 5.91 Å². The van der Waals surface area contributed by atoms with Gasteiger partial charge in [-0.25, -0.2) is 10.3 Å². The predicted octanol–water partition coefficient (Wildman–Crippen LogP) is 0.848. The molecule has 1 aromatic carbocycles. The number of aryl methyl sites for hydroxylation is 1. The molecule has 11 heteroatoms. The van der Waals surface area contributed by atoms with E-state index in [9.17, 15) is 18.4 Å². The van der Waals surface area contributed by atoms with Gasteiger partial charge in [-0.1, -0.05) is 17.8 Å². The molecule has 0 radical (unpaired) electrons. The Kier molecular flexibility index (Phi) is 5.45. The lowest BCUT2D eigenvalue weighted by atomic mass is 10.2. The van der Waals surface area contributed by atoms with Crippen LogP contribution in [0.2, 0.25) is 0 Å². The van der Waals surface area contributed by atoms with E-state index in [1.807, 2.05) is 0 Å². The van der Waals surface area contributed by atoms with E-state index in [2.05, 4.69) is 15.9 Å². The molecule has 0 aliphatic rings. The zero-order valence-corrected chi connectivity index (χ0v) is 13.0. The van der Waals surface area contributed by atoms with Gasteiger partial charge in [0.05, 0.1) is 5.69 Å². The number of carbonyl (C=O) groups is 1. The van der Waals surface area contributed by atoms with E-state index in [0.717, 1.165) is 9.36 Å². The molecule has 0 saturated carbocycles. The third-order valence-electron chi connectivity index (χ3n) is 2.71. The second-order valence-electron chi connectivity index (χ2n) is 4.38. The summed E-state index contributed by atoms with van der Waals surface area (Å²) in [6.07, 6.45) is 0. The first-order chi connectivity index (χ1) is 10.9. The first-order valence-electron chi connectivity index (χ1n) is 6.34. The fourth-order valence-electron chi connectivity index (χ4n) is 1.78. The van der Waals surface area contributed by atoms with Crippen LogP contribution < -0.4 is 11.2 Å². The van der Waals surface area contributed by atoms with Crippen molar-refractivity contribution in [3.63, 3.8) is 0 Å². The smallest absolute Gasteiger partial charge is 0.273 e. The lowest BCUT2D eigenvalue weighted by Gasteiger charge is -2.13. The van der Waals surface area contributed by atoms with Crippen molar-refractivity contribution in [3.8, 4) is 5.69 Å². The maximum atomic E-state index is 12.7. The molecule has 1 heterocycles. The van der Waals surface area contributed by atoms with Crippen LogP contribution in [0, 0.1) is 0 Å². The number of thioether (sulfide) groups is 1. The average Bonchev–Trinajstić information content (AvgIpc) is 2.79. The highest BCUT2D eigenvalue weighted by atomic mass is 32.2. The number of amides is 1. The molecule has 0 saturated heterocycles. The fraction of sp³-hybridized carbons (Fsp3) is 0.333. The van der Waals surface area contributed by atoms with E-state index in [4.69, 9.17) is 4.84 Å². The van der Waals surface area contributed by atoms with E-state index in [0.29, 0.717) is 11.8 Å². The Hall–Kier alpha value is -2.27. The minimum Gasteiger partial charge on any atom is -0.273 e. The summed E-state index contributed by atoms with van der Waals surface area (Å²) in [5.41, 5.74) is 2.11. The van der Waals surface area contributed by atoms with E-state index in [1.54, 1.807) is 0 Å². The lowest BCUT2D eigenvalue weighted by molar-refractivity contribution is -0.132. The van der Waals surface area contributed by atoms with E-state index >= 15 is 0 Å². The molecule has 1 aromatic heterocycles. The van der Waals surface area contributed by atoms with Crippen LogP contribution in [0.25, 0.3) is 5.69 Å². The second kappa shape index (κ2) is 7.33. The van der Waals surface area contributed by atoms with Crippen LogP contribution in [0.1, 0.15) is 12.5 Å². The molecular formula is C12H13F2N5O3S. The Morgan fingerprint density at radius 2 is 2.17 bits per heavy atom. The molecule has 2 aromatic rings. The van der Waals surface area contributed by atoms with E-state index < -0.39 is 17.4 Å². The summed E-state index contributed by atoms with van der Waals surface area (Å²) in [6, 6.07) is 4.51. The molecule has 0 fully saturated rings. The zero-order valence-electron chi connectivity index (χ0n) is 12.2. The second-order valence-corrected chi connectivity index (χ2v) is 5.41. The maximum absolute atomic E-state index is 12.7. The van der Waals surface area contributed by atoms with E-state index in [-0.39, 0.29) is 22.8 Å². The molecule has 1 amide bonds. The number of nitrogens with one attached hydrogen (secondary N) is 1. The van der Waals surface area contributed by atoms with Crippen molar-refractivity contribution in [2.24, 2.45) is 7.05 Å². The highest BCUT2D eigenvalue weighted by Crippen LogP contribution is 2.31. The third-order valence-corrected chi connectivity index (χ3v) is 3.52. The highest BCUT2D eigenvalue weighted by molar-refractivity contribution is 7.99. The monoisotopic (exact) mass is 345 g/mol. The summed E-state index contributed by atoms with van der Waals surface area (Å²) >= 11 is 0.309. The number of hydrogen-bond donors (Lipinski definition) is 1. The van der Waals surface area contributed by atoms with Crippen LogP contribution in [0.5, 0.6) is 0 Å². The maximum Gasteiger partial charge on any atom is 0.368 e. The largest absolute Gasteiger partial charge is 0.368 e. The van der Waals surface area contributed by atoms with Crippen molar-refractivity contribution < 1.29 is 18.4 Å². The van der Waals surface area contributed by atoms with Crippen molar-refractivity contribution in [1.82, 2.24) is 25.3 Å². The van der Waals surface area contributed by atoms with Crippen LogP contribution in [0.4, 0.5) is 8.78 Å². The summed E-state index contributed by atoms with van der Waals surface area (Å²) in [5, 5.41) is 7.27. The number of nitrogens with zero attached hydrogens (tertiary/aromatic N) is 4. The van der Waals surface area contributed by atoms with Crippen molar-refractivity contribution in [1.29, 1.82) is 0 Å². The molecule has 0 aliphatic carbocycles. The van der Waals surface area contributed by atoms with Crippen LogP contribution in [-0.4, -0.2) is 31.5 Å². The third kappa shape index (κ3) is 4.13. The number of halogens is 2. The molecule has 0 spiro atoms. The van der Waals surface area contributed by atoms with Gasteiger partial charge in [0, 0.05) is 24.4 Å². The van der Waals surface area contributed by atoms with Crippen LogP contribution in [-0.2, 0) is 23.3 Å². The van der Waals surface area contributed by atoms with Gasteiger partial charge in [-0.15, -0.1) is 0 Å². The number of tetrazole rings is 1. The minimum absolute atomic E-state index is 0.209. The summed E-state index contributed by atoms with van der Waals surface area (Å²) in [7, 11) is 1.41. The first kappa shape index (κ1) is 17.1. The van der Waals surface area contributed by atoms with Gasteiger partial charge in [-0.05, 0) is 22.6 Å². The van der Waals surface area contributed by atoms with Gasteiger partial charge >= 0.3 is 5.69 Å². The van der Waals surface area contributed by atoms with Crippen LogP contribution in [0.15, 0.2) is 27.9 Å². The molecule has 1 N–H and O–H groups in total. The standard InChI is InChI=1S/C12H13F2N5O3S/c1-7(20)15-22-6-8-9(19-12(21)18(2)16-17-19)4-3-5-10(8)23-11(13)14/h3-5,11H,6H2,1-2H3,(H,15,20). The Morgan fingerprint density at radius 3 is 2.74 bits per heavy atom. The SMILES string of the molecule is CC(=O)NOCc1c(SC(F)F)cccc1-n1nnn(C)c1=O. The number of hydroxylamine groups is 1. The molecule has 0 unspecified atom stereocenters. The van der Waals surface area contributed by atoms with Crippen molar-refractivity contribution in [2.45, 2.75) is 24.2 Å². The van der Waals surface area contributed by atoms with Gasteiger partial charge in [0.1, 0.15) is 6.61 Å². The summed E-state index contributed by atoms with van der Waals surface area (Å²) in [5.74, 6) is -3.09. The van der Waals surface area contributed by atoms with Crippen LogP contribution in [0.3, 0.4) is 0 Å². The Bertz CT molecular complexity index is 761. The molecule has 8 nitrogen and oxygen atoms in total.